The molecule has 3 nitrogen and oxygen atoms in total. The minimum Gasteiger partial charge on any atom is -0.496 e. The summed E-state index contributed by atoms with van der Waals surface area (Å²) in [6.07, 6.45) is 2.33. The summed E-state index contributed by atoms with van der Waals surface area (Å²) in [5.74, 6) is 1.71. The maximum Gasteiger partial charge on any atom is 0.123 e. The van der Waals surface area contributed by atoms with Gasteiger partial charge in [0.1, 0.15) is 11.5 Å². The van der Waals surface area contributed by atoms with E-state index in [4.69, 9.17) is 14.9 Å². The number of rotatable bonds is 4. The number of benzene rings is 1. The van der Waals surface area contributed by atoms with E-state index in [2.05, 4.69) is 0 Å². The van der Waals surface area contributed by atoms with Crippen molar-refractivity contribution >= 4 is 0 Å². The Morgan fingerprint density at radius 2 is 2.06 bits per heavy atom. The average Bonchev–Trinajstić information content (AvgIpc) is 2.81. The summed E-state index contributed by atoms with van der Waals surface area (Å²) in [7, 11) is 1.65. The van der Waals surface area contributed by atoms with Crippen LogP contribution in [-0.2, 0) is 6.42 Å². The monoisotopic (exact) mass is 217 g/mol. The third kappa shape index (κ3) is 2.25. The third-order valence-corrected chi connectivity index (χ3v) is 2.54. The predicted molar refractivity (Wildman–Crippen MR) is 62.3 cm³/mol. The molecule has 1 aromatic carbocycles. The fraction of sp³-hybridized carbons (Fsp3) is 0.231. The smallest absolute Gasteiger partial charge is 0.123 e. The molecule has 0 aliphatic carbocycles. The van der Waals surface area contributed by atoms with Crippen LogP contribution in [0.4, 0.5) is 0 Å². The Balaban J connectivity index is 2.17. The highest BCUT2D eigenvalue weighted by Crippen LogP contribution is 2.25. The van der Waals surface area contributed by atoms with Crippen molar-refractivity contribution < 1.29 is 9.15 Å². The van der Waals surface area contributed by atoms with Gasteiger partial charge in [-0.1, -0.05) is 18.2 Å². The van der Waals surface area contributed by atoms with Gasteiger partial charge in [0, 0.05) is 18.0 Å². The second-order valence-electron chi connectivity index (χ2n) is 3.63. The van der Waals surface area contributed by atoms with E-state index in [1.807, 2.05) is 36.4 Å². The second kappa shape index (κ2) is 4.86. The summed E-state index contributed by atoms with van der Waals surface area (Å²) in [5.41, 5.74) is 7.12. The first-order chi connectivity index (χ1) is 7.81. The summed E-state index contributed by atoms with van der Waals surface area (Å²) in [5, 5.41) is 0. The normalized spacial score (nSPS) is 12.4. The zero-order valence-electron chi connectivity index (χ0n) is 9.22. The lowest BCUT2D eigenvalue weighted by molar-refractivity contribution is 0.403. The number of para-hydroxylation sites is 1. The van der Waals surface area contributed by atoms with Crippen molar-refractivity contribution in [2.45, 2.75) is 12.5 Å². The Kier molecular flexibility index (Phi) is 3.27. The second-order valence-corrected chi connectivity index (χ2v) is 3.63. The largest absolute Gasteiger partial charge is 0.496 e. The van der Waals surface area contributed by atoms with Gasteiger partial charge in [0.05, 0.1) is 13.4 Å². The molecule has 0 aliphatic rings. The minimum absolute atomic E-state index is 0.109. The maximum absolute atomic E-state index is 6.12. The molecule has 0 aliphatic heterocycles. The molecule has 84 valence electrons. The van der Waals surface area contributed by atoms with Crippen LogP contribution in [0.15, 0.2) is 47.1 Å². The van der Waals surface area contributed by atoms with Gasteiger partial charge in [0.25, 0.3) is 0 Å². The summed E-state index contributed by atoms with van der Waals surface area (Å²) in [4.78, 5) is 0. The molecule has 0 bridgehead atoms. The van der Waals surface area contributed by atoms with Crippen LogP contribution in [0.1, 0.15) is 17.4 Å². The summed E-state index contributed by atoms with van der Waals surface area (Å²) in [6, 6.07) is 11.5. The Labute approximate surface area is 94.8 Å². The predicted octanol–water partition coefficient (Wildman–Crippen LogP) is 2.53. The summed E-state index contributed by atoms with van der Waals surface area (Å²) >= 11 is 0. The molecular formula is C13H15NO2. The number of ether oxygens (including phenoxy) is 1. The standard InChI is InChI=1S/C13H15NO2/c1-15-13-7-3-2-6-11(13)12(14)9-10-5-4-8-16-10/h2-8,12H,9,14H2,1H3. The van der Waals surface area contributed by atoms with Crippen molar-refractivity contribution in [1.29, 1.82) is 0 Å². The zero-order valence-corrected chi connectivity index (χ0v) is 9.22. The van der Waals surface area contributed by atoms with Gasteiger partial charge in [0.15, 0.2) is 0 Å². The van der Waals surface area contributed by atoms with Gasteiger partial charge in [-0.25, -0.2) is 0 Å². The lowest BCUT2D eigenvalue weighted by atomic mass is 10.0. The minimum atomic E-state index is -0.109. The highest BCUT2D eigenvalue weighted by molar-refractivity contribution is 5.36. The topological polar surface area (TPSA) is 48.4 Å². The van der Waals surface area contributed by atoms with Crippen LogP contribution >= 0.6 is 0 Å². The van der Waals surface area contributed by atoms with E-state index in [1.165, 1.54) is 0 Å². The molecule has 16 heavy (non-hydrogen) atoms. The molecule has 1 aromatic heterocycles. The SMILES string of the molecule is COc1ccccc1C(N)Cc1ccco1. The van der Waals surface area contributed by atoms with Crippen LogP contribution in [0, 0.1) is 0 Å². The molecule has 1 unspecified atom stereocenters. The van der Waals surface area contributed by atoms with E-state index in [0.717, 1.165) is 17.1 Å². The number of hydrogen-bond acceptors (Lipinski definition) is 3. The van der Waals surface area contributed by atoms with Crippen LogP contribution in [0.25, 0.3) is 0 Å². The van der Waals surface area contributed by atoms with E-state index < -0.39 is 0 Å². The van der Waals surface area contributed by atoms with Crippen molar-refractivity contribution in [3.05, 3.63) is 54.0 Å². The quantitative estimate of drug-likeness (QED) is 0.856. The van der Waals surface area contributed by atoms with Crippen LogP contribution in [-0.4, -0.2) is 7.11 Å². The fourth-order valence-corrected chi connectivity index (χ4v) is 1.73. The molecule has 0 amide bonds. The number of furan rings is 1. The first kappa shape index (κ1) is 10.8. The van der Waals surface area contributed by atoms with Gasteiger partial charge < -0.3 is 14.9 Å². The highest BCUT2D eigenvalue weighted by atomic mass is 16.5. The molecule has 0 fully saturated rings. The molecule has 0 spiro atoms. The highest BCUT2D eigenvalue weighted by Gasteiger charge is 2.12. The molecule has 2 aromatic rings. The van der Waals surface area contributed by atoms with Crippen LogP contribution in [0.3, 0.4) is 0 Å². The number of methoxy groups -OCH3 is 1. The maximum atomic E-state index is 6.12. The molecule has 0 radical (unpaired) electrons. The molecule has 1 atom stereocenters. The van der Waals surface area contributed by atoms with Gasteiger partial charge in [-0.05, 0) is 18.2 Å². The molecule has 2 N–H and O–H groups in total. The lowest BCUT2D eigenvalue weighted by Crippen LogP contribution is -2.14. The Hall–Kier alpha value is -1.74. The van der Waals surface area contributed by atoms with Crippen LogP contribution in [0.5, 0.6) is 5.75 Å². The van der Waals surface area contributed by atoms with Gasteiger partial charge in [-0.3, -0.25) is 0 Å². The number of hydrogen-bond donors (Lipinski definition) is 1. The van der Waals surface area contributed by atoms with Crippen molar-refractivity contribution in [2.75, 3.05) is 7.11 Å². The fourth-order valence-electron chi connectivity index (χ4n) is 1.73. The van der Waals surface area contributed by atoms with E-state index in [9.17, 15) is 0 Å². The van der Waals surface area contributed by atoms with Crippen molar-refractivity contribution in [1.82, 2.24) is 0 Å². The Morgan fingerprint density at radius 1 is 1.25 bits per heavy atom. The molecule has 1 heterocycles. The molecule has 0 saturated carbocycles. The number of nitrogens with two attached hydrogens (primary N) is 1. The molecule has 2 rings (SSSR count). The van der Waals surface area contributed by atoms with E-state index in [1.54, 1.807) is 13.4 Å². The van der Waals surface area contributed by atoms with E-state index in [-0.39, 0.29) is 6.04 Å². The van der Waals surface area contributed by atoms with Gasteiger partial charge >= 0.3 is 0 Å². The van der Waals surface area contributed by atoms with Crippen molar-refractivity contribution in [3.63, 3.8) is 0 Å². The molecule has 0 saturated heterocycles. The third-order valence-electron chi connectivity index (χ3n) is 2.54. The van der Waals surface area contributed by atoms with Gasteiger partial charge in [-0.2, -0.15) is 0 Å². The first-order valence-electron chi connectivity index (χ1n) is 5.22. The summed E-state index contributed by atoms with van der Waals surface area (Å²) < 4.78 is 10.6. The summed E-state index contributed by atoms with van der Waals surface area (Å²) in [6.45, 7) is 0. The Morgan fingerprint density at radius 3 is 2.75 bits per heavy atom. The molecule has 3 heteroatoms. The lowest BCUT2D eigenvalue weighted by Gasteiger charge is -2.14. The first-order valence-corrected chi connectivity index (χ1v) is 5.22. The van der Waals surface area contributed by atoms with E-state index in [0.29, 0.717) is 6.42 Å². The zero-order chi connectivity index (χ0) is 11.4. The van der Waals surface area contributed by atoms with Crippen LogP contribution in [0.2, 0.25) is 0 Å². The Bertz CT molecular complexity index is 437. The van der Waals surface area contributed by atoms with Crippen molar-refractivity contribution in [3.8, 4) is 5.75 Å². The van der Waals surface area contributed by atoms with E-state index >= 15 is 0 Å². The molecular weight excluding hydrogens is 202 g/mol. The van der Waals surface area contributed by atoms with Crippen LogP contribution < -0.4 is 10.5 Å². The van der Waals surface area contributed by atoms with Gasteiger partial charge in [-0.15, -0.1) is 0 Å². The average molecular weight is 217 g/mol. The van der Waals surface area contributed by atoms with Gasteiger partial charge in [0.2, 0.25) is 0 Å². The van der Waals surface area contributed by atoms with Crippen molar-refractivity contribution in [2.24, 2.45) is 5.73 Å².